The number of hydrogen-bond acceptors (Lipinski definition) is 0. The van der Waals surface area contributed by atoms with Crippen molar-refractivity contribution < 1.29 is 23.3 Å². The van der Waals surface area contributed by atoms with Crippen molar-refractivity contribution in [3.8, 4) is 22.3 Å². The van der Waals surface area contributed by atoms with Gasteiger partial charge in [0.05, 0.1) is 0 Å². The Kier molecular flexibility index (Phi) is 15.0. The van der Waals surface area contributed by atoms with Crippen LogP contribution in [0.5, 0.6) is 0 Å². The third-order valence-electron chi connectivity index (χ3n) is 14.7. The van der Waals surface area contributed by atoms with Crippen molar-refractivity contribution >= 4 is 74.8 Å². The molecule has 0 amide bonds. The fourth-order valence-corrected chi connectivity index (χ4v) is 12.2. The summed E-state index contributed by atoms with van der Waals surface area (Å²) in [5.41, 5.74) is 9.82. The zero-order chi connectivity index (χ0) is 37.7. The first-order valence-corrected chi connectivity index (χ1v) is 25.4. The average molecular weight is 921 g/mol. The van der Waals surface area contributed by atoms with E-state index in [4.69, 9.17) is 0 Å². The summed E-state index contributed by atoms with van der Waals surface area (Å²) in [7, 11) is 0. The normalized spacial score (nSPS) is 21.9. The molecule has 4 bridgehead atoms. The minimum atomic E-state index is 0. The van der Waals surface area contributed by atoms with E-state index in [2.05, 4.69) is 152 Å². The van der Waals surface area contributed by atoms with E-state index in [-0.39, 0.29) is 39.7 Å². The molecule has 308 valence electrons. The second-order valence-electron chi connectivity index (χ2n) is 18.0. The van der Waals surface area contributed by atoms with Crippen LogP contribution >= 0.6 is 24.8 Å². The van der Waals surface area contributed by atoms with Crippen LogP contribution in [0.3, 0.4) is 0 Å². The molecule has 0 nitrogen and oxygen atoms in total. The van der Waals surface area contributed by atoms with Crippen molar-refractivity contribution in [3.63, 3.8) is 0 Å². The first kappa shape index (κ1) is 46.2. The summed E-state index contributed by atoms with van der Waals surface area (Å²) >= 11 is 1.36. The minimum Gasteiger partial charge on any atom is -0.164 e. The Bertz CT molecular complexity index is 2490. The second-order valence-corrected chi connectivity index (χ2v) is 18.0. The molecular weight excluding hydrogens is 863 g/mol. The molecule has 4 saturated carbocycles. The molecule has 0 atom stereocenters. The van der Waals surface area contributed by atoms with Gasteiger partial charge < -0.3 is 14.9 Å². The largest absolute Gasteiger partial charge is 0.164 e. The van der Waals surface area contributed by atoms with Gasteiger partial charge in [0.2, 0.25) is 0 Å². The second kappa shape index (κ2) is 19.4. The maximum Gasteiger partial charge on any atom is -0.0114 e. The SMILES string of the molecule is Cl.Cl.[CH3-].[CH3-].[Si]=[Zr].c1ccc2c(-c3cccc4[cH-]c(CC56CCC(CC5)C6)cc34)cccc2c1.c1ccc2c(-c3cccc4[cH-]c(CC56CCC(CC5)C6)cc34)cccc2c1. The molecule has 0 spiro atoms. The van der Waals surface area contributed by atoms with E-state index in [0.29, 0.717) is 10.8 Å². The Morgan fingerprint density at radius 1 is 0.450 bits per heavy atom. The minimum absolute atomic E-state index is 0. The summed E-state index contributed by atoms with van der Waals surface area (Å²) in [5, 5.41) is 11.0. The van der Waals surface area contributed by atoms with Gasteiger partial charge in [0.25, 0.3) is 0 Å². The molecule has 12 rings (SSSR count). The molecule has 2 radical (unpaired) electrons. The van der Waals surface area contributed by atoms with Gasteiger partial charge in [0.15, 0.2) is 0 Å². The number of halogens is 2. The predicted octanol–water partition coefficient (Wildman–Crippen LogP) is 16.4. The van der Waals surface area contributed by atoms with Crippen LogP contribution in [0.1, 0.15) is 75.3 Å². The molecule has 4 aliphatic carbocycles. The molecule has 0 saturated heterocycles. The van der Waals surface area contributed by atoms with Crippen molar-refractivity contribution in [2.75, 3.05) is 0 Å². The third-order valence-corrected chi connectivity index (χ3v) is 14.7. The zero-order valence-electron chi connectivity index (χ0n) is 35.3. The Morgan fingerprint density at radius 2 is 0.783 bits per heavy atom. The maximum absolute atomic E-state index is 3.06. The summed E-state index contributed by atoms with van der Waals surface area (Å²) in [6, 6.07) is 54.4. The quantitative estimate of drug-likeness (QED) is 0.115. The van der Waals surface area contributed by atoms with Crippen molar-refractivity contribution in [2.24, 2.45) is 22.7 Å². The fraction of sp³-hybridized carbons (Fsp3) is 0.286. The van der Waals surface area contributed by atoms with E-state index in [1.165, 1.54) is 166 Å². The fourth-order valence-electron chi connectivity index (χ4n) is 12.2. The molecule has 0 aliphatic heterocycles. The Balaban J connectivity index is 0.000000182. The van der Waals surface area contributed by atoms with Gasteiger partial charge in [0.1, 0.15) is 0 Å². The first-order valence-electron chi connectivity index (χ1n) is 21.2. The van der Waals surface area contributed by atoms with Crippen molar-refractivity contribution in [3.05, 3.63) is 172 Å². The summed E-state index contributed by atoms with van der Waals surface area (Å²) in [4.78, 5) is 0. The Morgan fingerprint density at radius 3 is 1.15 bits per heavy atom. The van der Waals surface area contributed by atoms with Crippen LogP contribution in [0.15, 0.2) is 146 Å². The predicted molar refractivity (Wildman–Crippen MR) is 263 cm³/mol. The third kappa shape index (κ3) is 8.71. The molecule has 0 aromatic heterocycles. The molecule has 8 aromatic carbocycles. The van der Waals surface area contributed by atoms with Crippen LogP contribution < -0.4 is 0 Å². The van der Waals surface area contributed by atoms with Crippen molar-refractivity contribution in [1.29, 1.82) is 0 Å². The standard InChI is InChI=1S/2C27H25.2CH3.2ClH.Si.Zr/c2*1-2-8-23-21(5-1)6-3-9-24(23)25-10-4-7-22-15-20(16-26(22)25)18-27-13-11-19(17-27)12-14-27;;;;;;/h2*1-10,15-16,19H,11-14,17-18H2;2*1H3;2*1H;;/q4*-1;;;;. The first-order chi connectivity index (χ1) is 27.6. The van der Waals surface area contributed by atoms with Crippen molar-refractivity contribution in [1.82, 2.24) is 0 Å². The van der Waals surface area contributed by atoms with Crippen LogP contribution in [0.2, 0.25) is 0 Å². The molecule has 0 heterocycles. The van der Waals surface area contributed by atoms with E-state index < -0.39 is 0 Å². The van der Waals surface area contributed by atoms with Crippen molar-refractivity contribution in [2.45, 2.75) is 77.0 Å². The van der Waals surface area contributed by atoms with Crippen LogP contribution in [0.4, 0.5) is 0 Å². The van der Waals surface area contributed by atoms with Gasteiger partial charge in [-0.1, -0.05) is 108 Å². The van der Waals surface area contributed by atoms with Gasteiger partial charge in [-0.15, -0.1) is 93.9 Å². The van der Waals surface area contributed by atoms with Crippen LogP contribution in [0.25, 0.3) is 65.3 Å². The smallest absolute Gasteiger partial charge is 0.0114 e. The van der Waals surface area contributed by atoms with Gasteiger partial charge in [0, 0.05) is 0 Å². The van der Waals surface area contributed by atoms with Gasteiger partial charge in [-0.2, -0.15) is 12.1 Å². The molecule has 4 heteroatoms. The van der Waals surface area contributed by atoms with E-state index >= 15 is 0 Å². The summed E-state index contributed by atoms with van der Waals surface area (Å²) in [5.74, 6) is 2.06. The van der Waals surface area contributed by atoms with Gasteiger partial charge in [-0.05, 0) is 132 Å². The van der Waals surface area contributed by atoms with Gasteiger partial charge >= 0.3 is 30.2 Å². The number of hydrogen-bond donors (Lipinski definition) is 0. The monoisotopic (exact) mass is 918 g/mol. The molecule has 4 fully saturated rings. The summed E-state index contributed by atoms with van der Waals surface area (Å²) in [6.07, 6.45) is 17.2. The van der Waals surface area contributed by atoms with E-state index in [1.807, 2.05) is 0 Å². The molecule has 4 aliphatic rings. The number of rotatable bonds is 6. The van der Waals surface area contributed by atoms with Crippen LogP contribution in [-0.2, 0) is 36.2 Å². The molecule has 0 N–H and O–H groups in total. The van der Waals surface area contributed by atoms with Crippen LogP contribution in [0, 0.1) is 37.5 Å². The Hall–Kier alpha value is -3.26. The van der Waals surface area contributed by atoms with E-state index in [9.17, 15) is 0 Å². The molecule has 0 unspecified atom stereocenters. The molecule has 8 aromatic rings. The number of benzene rings is 6. The van der Waals surface area contributed by atoms with Crippen LogP contribution in [-0.4, -0.2) is 6.88 Å². The van der Waals surface area contributed by atoms with E-state index in [1.54, 1.807) is 11.1 Å². The van der Waals surface area contributed by atoms with E-state index in [0.717, 1.165) is 11.8 Å². The zero-order valence-corrected chi connectivity index (χ0v) is 40.4. The summed E-state index contributed by atoms with van der Waals surface area (Å²) < 4.78 is 0. The topological polar surface area (TPSA) is 0 Å². The average Bonchev–Trinajstić information content (AvgIpc) is 4.12. The number of fused-ring (bicyclic) bond motifs is 8. The summed E-state index contributed by atoms with van der Waals surface area (Å²) in [6.45, 7) is 3.06. The van der Waals surface area contributed by atoms with Gasteiger partial charge in [-0.25, -0.2) is 0 Å². The Labute approximate surface area is 388 Å². The van der Waals surface area contributed by atoms with Gasteiger partial charge in [-0.3, -0.25) is 0 Å². The molecular formula is C56H58Cl2SiZr-4. The maximum atomic E-state index is 3.06. The molecule has 60 heavy (non-hydrogen) atoms.